The predicted molar refractivity (Wildman–Crippen MR) is 64.2 cm³/mol. The van der Waals surface area contributed by atoms with E-state index in [0.717, 1.165) is 16.8 Å². The Bertz CT molecular complexity index is 677. The van der Waals surface area contributed by atoms with Crippen molar-refractivity contribution in [1.82, 2.24) is 25.2 Å². The third-order valence-corrected chi connectivity index (χ3v) is 2.78. The van der Waals surface area contributed by atoms with Crippen LogP contribution in [0.25, 0.3) is 16.7 Å². The zero-order chi connectivity index (χ0) is 11.8. The van der Waals surface area contributed by atoms with Crippen molar-refractivity contribution in [2.24, 2.45) is 0 Å². The van der Waals surface area contributed by atoms with E-state index < -0.39 is 0 Å². The van der Waals surface area contributed by atoms with Crippen LogP contribution in [0, 0.1) is 6.92 Å². The van der Waals surface area contributed by atoms with Gasteiger partial charge in [0.1, 0.15) is 0 Å². The van der Waals surface area contributed by atoms with Gasteiger partial charge in [-0.15, -0.1) is 10.2 Å². The lowest BCUT2D eigenvalue weighted by molar-refractivity contribution is 0.835. The molecule has 1 aromatic carbocycles. The maximum atomic E-state index is 6.00. The molecule has 0 aliphatic rings. The Morgan fingerprint density at radius 3 is 2.65 bits per heavy atom. The number of halogens is 1. The van der Waals surface area contributed by atoms with Crippen LogP contribution in [0.1, 0.15) is 5.69 Å². The Hall–Kier alpha value is -2.01. The minimum Gasteiger partial charge on any atom is -0.213 e. The topological polar surface area (TPSA) is 56.5 Å². The molecule has 0 unspecified atom stereocenters. The van der Waals surface area contributed by atoms with E-state index in [1.54, 1.807) is 4.68 Å². The van der Waals surface area contributed by atoms with Crippen LogP contribution in [0.5, 0.6) is 0 Å². The van der Waals surface area contributed by atoms with Gasteiger partial charge < -0.3 is 0 Å². The van der Waals surface area contributed by atoms with Crippen LogP contribution in [-0.2, 0) is 0 Å². The van der Waals surface area contributed by atoms with Gasteiger partial charge in [0.25, 0.3) is 0 Å². The van der Waals surface area contributed by atoms with E-state index >= 15 is 0 Å². The van der Waals surface area contributed by atoms with E-state index in [1.807, 2.05) is 37.3 Å². The van der Waals surface area contributed by atoms with Crippen molar-refractivity contribution < 1.29 is 0 Å². The molecule has 2 heterocycles. The number of benzene rings is 1. The van der Waals surface area contributed by atoms with Crippen molar-refractivity contribution in [2.75, 3.05) is 0 Å². The quantitative estimate of drug-likeness (QED) is 0.659. The molecule has 0 aliphatic carbocycles. The summed E-state index contributed by atoms with van der Waals surface area (Å²) in [7, 11) is 0. The van der Waals surface area contributed by atoms with E-state index in [1.165, 1.54) is 0 Å². The van der Waals surface area contributed by atoms with Crippen molar-refractivity contribution >= 4 is 22.6 Å². The number of hydrogen-bond acceptors (Lipinski definition) is 4. The minimum atomic E-state index is 0.328. The van der Waals surface area contributed by atoms with Crippen molar-refractivity contribution in [3.05, 3.63) is 41.2 Å². The third-order valence-electron chi connectivity index (χ3n) is 2.52. The molecule has 0 atom stereocenters. The molecule has 84 valence electrons. The lowest BCUT2D eigenvalue weighted by Crippen LogP contribution is -1.99. The van der Waals surface area contributed by atoms with Crippen LogP contribution in [-0.4, -0.2) is 25.2 Å². The minimum absolute atomic E-state index is 0.328. The number of rotatable bonds is 1. The molecule has 0 N–H and O–H groups in total. The summed E-state index contributed by atoms with van der Waals surface area (Å²) in [6, 6.07) is 9.72. The molecule has 0 fully saturated rings. The monoisotopic (exact) mass is 245 g/mol. The zero-order valence-corrected chi connectivity index (χ0v) is 9.76. The molecule has 3 aromatic rings. The Balaban J connectivity index is 2.36. The molecule has 6 heteroatoms. The van der Waals surface area contributed by atoms with E-state index in [-0.39, 0.29) is 0 Å². The summed E-state index contributed by atoms with van der Waals surface area (Å²) in [5.41, 5.74) is 2.33. The molecule has 5 nitrogen and oxygen atoms in total. The fourth-order valence-electron chi connectivity index (χ4n) is 1.75. The molecule has 3 rings (SSSR count). The number of fused-ring (bicyclic) bond motifs is 1. The molecule has 0 saturated carbocycles. The standard InChI is InChI=1S/C11H8ClN5/c1-7-9-10(12)13-16-14-11(9)17(15-7)8-5-3-2-4-6-8/h2-6H,1H3. The summed E-state index contributed by atoms with van der Waals surface area (Å²) in [6.07, 6.45) is 0. The summed E-state index contributed by atoms with van der Waals surface area (Å²) in [5.74, 6) is 0. The van der Waals surface area contributed by atoms with Crippen molar-refractivity contribution in [1.29, 1.82) is 0 Å². The molecule has 0 radical (unpaired) electrons. The van der Waals surface area contributed by atoms with E-state index in [2.05, 4.69) is 20.5 Å². The van der Waals surface area contributed by atoms with Gasteiger partial charge in [0.05, 0.1) is 16.8 Å². The zero-order valence-electron chi connectivity index (χ0n) is 9.00. The number of para-hydroxylation sites is 1. The average molecular weight is 246 g/mol. The fourth-order valence-corrected chi connectivity index (χ4v) is 2.01. The Labute approximate surface area is 102 Å². The molecule has 0 aliphatic heterocycles. The first-order valence-electron chi connectivity index (χ1n) is 5.07. The summed E-state index contributed by atoms with van der Waals surface area (Å²) in [6.45, 7) is 1.87. The predicted octanol–water partition coefficient (Wildman–Crippen LogP) is 2.17. The first-order valence-corrected chi connectivity index (χ1v) is 5.45. The second-order valence-corrected chi connectivity index (χ2v) is 3.97. The SMILES string of the molecule is Cc1nn(-c2ccccc2)c2nnnc(Cl)c12. The molecular formula is C11H8ClN5. The maximum absolute atomic E-state index is 6.00. The highest BCUT2D eigenvalue weighted by atomic mass is 35.5. The van der Waals surface area contributed by atoms with Gasteiger partial charge in [0.2, 0.25) is 0 Å². The molecule has 0 saturated heterocycles. The fraction of sp³-hybridized carbons (Fsp3) is 0.0909. The smallest absolute Gasteiger partial charge is 0.190 e. The summed E-state index contributed by atoms with van der Waals surface area (Å²) in [5, 5.41) is 16.8. The second-order valence-electron chi connectivity index (χ2n) is 3.61. The molecular weight excluding hydrogens is 238 g/mol. The number of aromatic nitrogens is 5. The van der Waals surface area contributed by atoms with Crippen LogP contribution < -0.4 is 0 Å². The molecule has 0 bridgehead atoms. The van der Waals surface area contributed by atoms with Crippen LogP contribution in [0.2, 0.25) is 5.15 Å². The maximum Gasteiger partial charge on any atom is 0.190 e. The molecule has 2 aromatic heterocycles. The summed E-state index contributed by atoms with van der Waals surface area (Å²) >= 11 is 6.00. The van der Waals surface area contributed by atoms with E-state index in [9.17, 15) is 0 Å². The van der Waals surface area contributed by atoms with Crippen LogP contribution in [0.4, 0.5) is 0 Å². The van der Waals surface area contributed by atoms with Gasteiger partial charge in [0.15, 0.2) is 10.8 Å². The first kappa shape index (κ1) is 10.2. The summed E-state index contributed by atoms with van der Waals surface area (Å²) in [4.78, 5) is 0. The summed E-state index contributed by atoms with van der Waals surface area (Å²) < 4.78 is 1.71. The first-order chi connectivity index (χ1) is 8.27. The van der Waals surface area contributed by atoms with E-state index in [0.29, 0.717) is 10.8 Å². The Morgan fingerprint density at radius 1 is 1.12 bits per heavy atom. The van der Waals surface area contributed by atoms with Gasteiger partial charge >= 0.3 is 0 Å². The van der Waals surface area contributed by atoms with Crippen LogP contribution >= 0.6 is 11.6 Å². The lowest BCUT2D eigenvalue weighted by Gasteiger charge is -2.00. The van der Waals surface area contributed by atoms with Crippen molar-refractivity contribution in [2.45, 2.75) is 6.92 Å². The van der Waals surface area contributed by atoms with Crippen molar-refractivity contribution in [3.63, 3.8) is 0 Å². The molecule has 0 spiro atoms. The third kappa shape index (κ3) is 1.55. The average Bonchev–Trinajstić information content (AvgIpc) is 2.69. The van der Waals surface area contributed by atoms with E-state index in [4.69, 9.17) is 11.6 Å². The Morgan fingerprint density at radius 2 is 1.88 bits per heavy atom. The van der Waals surface area contributed by atoms with Gasteiger partial charge in [0, 0.05) is 0 Å². The van der Waals surface area contributed by atoms with Gasteiger partial charge in [-0.1, -0.05) is 29.8 Å². The van der Waals surface area contributed by atoms with Gasteiger partial charge in [-0.3, -0.25) is 0 Å². The highest BCUT2D eigenvalue weighted by Crippen LogP contribution is 2.23. The Kier molecular flexibility index (Phi) is 2.26. The normalized spacial score (nSPS) is 10.9. The van der Waals surface area contributed by atoms with Crippen LogP contribution in [0.15, 0.2) is 30.3 Å². The number of hydrogen-bond donors (Lipinski definition) is 0. The number of nitrogens with zero attached hydrogens (tertiary/aromatic N) is 5. The molecule has 0 amide bonds. The highest BCUT2D eigenvalue weighted by molar-refractivity contribution is 6.34. The van der Waals surface area contributed by atoms with Gasteiger partial charge in [-0.05, 0) is 24.3 Å². The number of aryl methyl sites for hydroxylation is 1. The highest BCUT2D eigenvalue weighted by Gasteiger charge is 2.14. The van der Waals surface area contributed by atoms with Crippen molar-refractivity contribution in [3.8, 4) is 5.69 Å². The second kappa shape index (κ2) is 3.78. The van der Waals surface area contributed by atoms with Gasteiger partial charge in [-0.2, -0.15) is 5.10 Å². The largest absolute Gasteiger partial charge is 0.213 e. The van der Waals surface area contributed by atoms with Crippen LogP contribution in [0.3, 0.4) is 0 Å². The van der Waals surface area contributed by atoms with Gasteiger partial charge in [-0.25, -0.2) is 4.68 Å². The molecule has 17 heavy (non-hydrogen) atoms. The lowest BCUT2D eigenvalue weighted by atomic mass is 10.3.